The third kappa shape index (κ3) is 2.54. The van der Waals surface area contributed by atoms with Crippen LogP contribution in [-0.4, -0.2) is 16.1 Å². The summed E-state index contributed by atoms with van der Waals surface area (Å²) in [7, 11) is 0. The summed E-state index contributed by atoms with van der Waals surface area (Å²) in [6, 6.07) is 6.68. The van der Waals surface area contributed by atoms with Crippen LogP contribution in [0, 0.1) is 17.1 Å². The first-order valence-corrected chi connectivity index (χ1v) is 5.49. The molecule has 0 aliphatic heterocycles. The van der Waals surface area contributed by atoms with Gasteiger partial charge in [0.05, 0.1) is 17.2 Å². The van der Waals surface area contributed by atoms with Gasteiger partial charge in [-0.05, 0) is 24.3 Å². The molecule has 0 amide bonds. The number of hydrogen-bond acceptors (Lipinski definition) is 3. The van der Waals surface area contributed by atoms with Crippen LogP contribution in [0.3, 0.4) is 0 Å². The molecule has 0 aliphatic carbocycles. The molecule has 0 aliphatic rings. The Hall–Kier alpha value is -2.45. The van der Waals surface area contributed by atoms with Crippen molar-refractivity contribution in [3.63, 3.8) is 0 Å². The Bertz CT molecular complexity index is 710. The molecule has 1 N–H and O–H groups in total. The van der Waals surface area contributed by atoms with E-state index in [0.29, 0.717) is 0 Å². The molecule has 0 fully saturated rings. The van der Waals surface area contributed by atoms with Crippen LogP contribution in [0.4, 0.5) is 4.39 Å². The molecule has 0 saturated carbocycles. The maximum absolute atomic E-state index is 13.8. The van der Waals surface area contributed by atoms with Crippen LogP contribution in [0.2, 0.25) is 5.15 Å². The van der Waals surface area contributed by atoms with E-state index in [1.807, 2.05) is 6.07 Å². The molecule has 0 radical (unpaired) electrons. The van der Waals surface area contributed by atoms with Gasteiger partial charge in [0.25, 0.3) is 0 Å². The van der Waals surface area contributed by atoms with Crippen LogP contribution in [0.15, 0.2) is 30.5 Å². The van der Waals surface area contributed by atoms with Gasteiger partial charge < -0.3 is 5.11 Å². The number of carbonyl (C=O) groups is 1. The van der Waals surface area contributed by atoms with Crippen LogP contribution in [0.1, 0.15) is 15.9 Å². The van der Waals surface area contributed by atoms with Crippen LogP contribution in [0.25, 0.3) is 11.1 Å². The zero-order chi connectivity index (χ0) is 14.0. The average Bonchev–Trinajstić information content (AvgIpc) is 2.39. The van der Waals surface area contributed by atoms with Gasteiger partial charge >= 0.3 is 5.97 Å². The monoisotopic (exact) mass is 276 g/mol. The lowest BCUT2D eigenvalue weighted by Gasteiger charge is -2.07. The Labute approximate surface area is 112 Å². The van der Waals surface area contributed by atoms with Crippen molar-refractivity contribution in [1.82, 2.24) is 4.98 Å². The van der Waals surface area contributed by atoms with Gasteiger partial charge in [-0.15, -0.1) is 0 Å². The Morgan fingerprint density at radius 2 is 2.11 bits per heavy atom. The molecule has 19 heavy (non-hydrogen) atoms. The zero-order valence-electron chi connectivity index (χ0n) is 9.39. The predicted octanol–water partition coefficient (Wildman–Crippen LogP) is 3.11. The summed E-state index contributed by atoms with van der Waals surface area (Å²) < 4.78 is 13.8. The van der Waals surface area contributed by atoms with Gasteiger partial charge in [-0.1, -0.05) is 11.6 Å². The molecule has 2 rings (SSSR count). The van der Waals surface area contributed by atoms with E-state index >= 15 is 0 Å². The number of aromatic carboxylic acids is 1. The first-order valence-electron chi connectivity index (χ1n) is 5.12. The molecule has 4 nitrogen and oxygen atoms in total. The summed E-state index contributed by atoms with van der Waals surface area (Å²) in [6.07, 6.45) is 1.17. The number of pyridine rings is 1. The molecule has 0 unspecified atom stereocenters. The van der Waals surface area contributed by atoms with Crippen molar-refractivity contribution in [3.8, 4) is 17.2 Å². The van der Waals surface area contributed by atoms with Gasteiger partial charge in [-0.25, -0.2) is 14.2 Å². The number of carboxylic acids is 1. The number of nitrogens with zero attached hydrogens (tertiary/aromatic N) is 2. The third-order valence-electron chi connectivity index (χ3n) is 2.49. The molecule has 0 saturated heterocycles. The van der Waals surface area contributed by atoms with E-state index < -0.39 is 11.8 Å². The minimum absolute atomic E-state index is 0.000571. The van der Waals surface area contributed by atoms with Gasteiger partial charge in [0.15, 0.2) is 0 Å². The summed E-state index contributed by atoms with van der Waals surface area (Å²) in [5, 5.41) is 17.9. The summed E-state index contributed by atoms with van der Waals surface area (Å²) in [6.45, 7) is 0. The van der Waals surface area contributed by atoms with E-state index in [1.54, 1.807) is 0 Å². The van der Waals surface area contributed by atoms with E-state index in [0.717, 1.165) is 12.1 Å². The van der Waals surface area contributed by atoms with E-state index in [-0.39, 0.29) is 27.4 Å². The normalized spacial score (nSPS) is 9.95. The van der Waals surface area contributed by atoms with Crippen LogP contribution >= 0.6 is 11.6 Å². The highest BCUT2D eigenvalue weighted by Crippen LogP contribution is 2.28. The highest BCUT2D eigenvalue weighted by molar-refractivity contribution is 6.29. The number of nitriles is 1. The van der Waals surface area contributed by atoms with Gasteiger partial charge in [0.1, 0.15) is 11.0 Å². The first kappa shape index (κ1) is 13.0. The first-order chi connectivity index (χ1) is 9.02. The molecular formula is C13H6ClFN2O2. The Morgan fingerprint density at radius 1 is 1.37 bits per heavy atom. The fourth-order valence-electron chi connectivity index (χ4n) is 1.62. The maximum Gasteiger partial charge on any atom is 0.336 e. The molecule has 94 valence electrons. The van der Waals surface area contributed by atoms with E-state index in [2.05, 4.69) is 4.98 Å². The SMILES string of the molecule is N#Cc1ccc(F)c(-c2cnc(Cl)cc2C(=O)O)c1. The molecule has 0 bridgehead atoms. The topological polar surface area (TPSA) is 74.0 Å². The average molecular weight is 277 g/mol. The van der Waals surface area contributed by atoms with E-state index in [9.17, 15) is 9.18 Å². The Balaban J connectivity index is 2.72. The molecule has 1 aromatic heterocycles. The van der Waals surface area contributed by atoms with Gasteiger partial charge in [-0.3, -0.25) is 0 Å². The minimum Gasteiger partial charge on any atom is -0.478 e. The molecule has 2 aromatic rings. The van der Waals surface area contributed by atoms with Gasteiger partial charge in [0, 0.05) is 17.3 Å². The summed E-state index contributed by atoms with van der Waals surface area (Å²) in [5.41, 5.74) is 0.129. The van der Waals surface area contributed by atoms with E-state index in [4.69, 9.17) is 22.0 Å². The number of halogens is 2. The fraction of sp³-hybridized carbons (Fsp3) is 0. The van der Waals surface area contributed by atoms with Crippen molar-refractivity contribution in [2.45, 2.75) is 0 Å². The third-order valence-corrected chi connectivity index (χ3v) is 2.69. The number of hydrogen-bond donors (Lipinski definition) is 1. The van der Waals surface area contributed by atoms with Crippen molar-refractivity contribution in [1.29, 1.82) is 5.26 Å². The number of rotatable bonds is 2. The maximum atomic E-state index is 13.8. The number of aromatic nitrogens is 1. The highest BCUT2D eigenvalue weighted by Gasteiger charge is 2.16. The molecule has 0 spiro atoms. The van der Waals surface area contributed by atoms with Crippen molar-refractivity contribution in [3.05, 3.63) is 52.6 Å². The lowest BCUT2D eigenvalue weighted by atomic mass is 10.00. The minimum atomic E-state index is -1.25. The second-order valence-electron chi connectivity index (χ2n) is 3.66. The number of carboxylic acid groups (broad SMARTS) is 1. The molecule has 1 aromatic carbocycles. The zero-order valence-corrected chi connectivity index (χ0v) is 10.1. The molecule has 0 atom stereocenters. The summed E-state index contributed by atoms with van der Waals surface area (Å²) in [4.78, 5) is 14.9. The van der Waals surface area contributed by atoms with Crippen molar-refractivity contribution < 1.29 is 14.3 Å². The highest BCUT2D eigenvalue weighted by atomic mass is 35.5. The predicted molar refractivity (Wildman–Crippen MR) is 66.3 cm³/mol. The molecule has 6 heteroatoms. The second kappa shape index (κ2) is 5.04. The molecular weight excluding hydrogens is 271 g/mol. The summed E-state index contributed by atoms with van der Waals surface area (Å²) >= 11 is 5.63. The van der Waals surface area contributed by atoms with E-state index in [1.165, 1.54) is 18.3 Å². The summed E-state index contributed by atoms with van der Waals surface area (Å²) in [5.74, 6) is -1.88. The van der Waals surface area contributed by atoms with Crippen molar-refractivity contribution in [2.75, 3.05) is 0 Å². The van der Waals surface area contributed by atoms with Crippen LogP contribution in [-0.2, 0) is 0 Å². The van der Waals surface area contributed by atoms with Gasteiger partial charge in [0.2, 0.25) is 0 Å². The van der Waals surface area contributed by atoms with Crippen molar-refractivity contribution in [2.24, 2.45) is 0 Å². The molecule has 1 heterocycles. The lowest BCUT2D eigenvalue weighted by Crippen LogP contribution is -2.02. The van der Waals surface area contributed by atoms with Crippen LogP contribution < -0.4 is 0 Å². The largest absolute Gasteiger partial charge is 0.478 e. The smallest absolute Gasteiger partial charge is 0.336 e. The Kier molecular flexibility index (Phi) is 3.45. The number of benzene rings is 1. The fourth-order valence-corrected chi connectivity index (χ4v) is 1.78. The van der Waals surface area contributed by atoms with Crippen molar-refractivity contribution >= 4 is 17.6 Å². The van der Waals surface area contributed by atoms with Gasteiger partial charge in [-0.2, -0.15) is 5.26 Å². The van der Waals surface area contributed by atoms with Crippen LogP contribution in [0.5, 0.6) is 0 Å². The lowest BCUT2D eigenvalue weighted by molar-refractivity contribution is 0.0697. The standard InChI is InChI=1S/C13H6ClFN2O2/c14-12-4-9(13(18)19)10(6-17-12)8-3-7(5-16)1-2-11(8)15/h1-4,6H,(H,18,19). The second-order valence-corrected chi connectivity index (χ2v) is 4.05. The Morgan fingerprint density at radius 3 is 2.74 bits per heavy atom. The quantitative estimate of drug-likeness (QED) is 0.855.